The zero-order valence-corrected chi connectivity index (χ0v) is 20.3. The Labute approximate surface area is 199 Å². The van der Waals surface area contributed by atoms with Crippen LogP contribution in [0.15, 0.2) is 53.5 Å². The van der Waals surface area contributed by atoms with E-state index >= 15 is 0 Å². The highest BCUT2D eigenvalue weighted by Gasteiger charge is 2.07. The average Bonchev–Trinajstić information content (AvgIpc) is 2.74. The van der Waals surface area contributed by atoms with E-state index in [1.165, 1.54) is 12.1 Å². The molecule has 0 aliphatic rings. The third kappa shape index (κ3) is 10.3. The summed E-state index contributed by atoms with van der Waals surface area (Å²) in [6, 6.07) is 13.5. The number of hydrogen-bond donors (Lipinski definition) is 3. The standard InChI is InChI=1S/C22H29FN4O3.HI/c1-4-24-22(26-13-16(2)30-20-7-5-6-18(23)12-20)27-15-21(28)25-14-17-8-10-19(29-3)11-9-17;/h5-12,16H,4,13-15H2,1-3H3,(H,25,28)(H2,24,26,27);1H. The lowest BCUT2D eigenvalue weighted by Gasteiger charge is -2.17. The van der Waals surface area contributed by atoms with Crippen molar-refractivity contribution in [2.24, 2.45) is 4.99 Å². The number of rotatable bonds is 10. The first kappa shape index (κ1) is 26.5. The molecular weight excluding hydrogens is 514 g/mol. The molecule has 2 rings (SSSR count). The van der Waals surface area contributed by atoms with Gasteiger partial charge in [0.1, 0.15) is 30.0 Å². The summed E-state index contributed by atoms with van der Waals surface area (Å²) in [6.07, 6.45) is -0.223. The molecule has 9 heteroatoms. The molecule has 2 aromatic carbocycles. The summed E-state index contributed by atoms with van der Waals surface area (Å²) in [5.74, 6) is 1.21. The van der Waals surface area contributed by atoms with Gasteiger partial charge < -0.3 is 25.4 Å². The molecule has 0 saturated heterocycles. The number of nitrogens with zero attached hydrogens (tertiary/aromatic N) is 1. The van der Waals surface area contributed by atoms with Crippen molar-refractivity contribution in [1.29, 1.82) is 0 Å². The van der Waals surface area contributed by atoms with Gasteiger partial charge in [0.2, 0.25) is 5.91 Å². The Morgan fingerprint density at radius 2 is 1.84 bits per heavy atom. The third-order valence-corrected chi connectivity index (χ3v) is 4.06. The molecule has 0 aliphatic heterocycles. The van der Waals surface area contributed by atoms with Crippen LogP contribution < -0.4 is 25.4 Å². The number of guanidine groups is 1. The largest absolute Gasteiger partial charge is 0.497 e. The number of carbonyl (C=O) groups is 1. The van der Waals surface area contributed by atoms with Crippen molar-refractivity contribution >= 4 is 35.8 Å². The van der Waals surface area contributed by atoms with Crippen LogP contribution in [0, 0.1) is 5.82 Å². The molecule has 1 unspecified atom stereocenters. The lowest BCUT2D eigenvalue weighted by Crippen LogP contribution is -2.42. The number of nitrogens with one attached hydrogen (secondary N) is 3. The van der Waals surface area contributed by atoms with Crippen LogP contribution in [0.25, 0.3) is 0 Å². The molecule has 0 aliphatic carbocycles. The van der Waals surface area contributed by atoms with Gasteiger partial charge in [-0.3, -0.25) is 4.79 Å². The van der Waals surface area contributed by atoms with E-state index in [1.807, 2.05) is 38.1 Å². The van der Waals surface area contributed by atoms with Crippen LogP contribution in [0.3, 0.4) is 0 Å². The highest BCUT2D eigenvalue weighted by molar-refractivity contribution is 14.0. The van der Waals surface area contributed by atoms with E-state index in [2.05, 4.69) is 20.9 Å². The number of hydrogen-bond acceptors (Lipinski definition) is 4. The van der Waals surface area contributed by atoms with E-state index in [1.54, 1.807) is 19.2 Å². The highest BCUT2D eigenvalue weighted by Crippen LogP contribution is 2.13. The van der Waals surface area contributed by atoms with Gasteiger partial charge in [0.25, 0.3) is 0 Å². The third-order valence-electron chi connectivity index (χ3n) is 4.06. The Hall–Kier alpha value is -2.56. The van der Waals surface area contributed by atoms with Gasteiger partial charge in [-0.1, -0.05) is 18.2 Å². The fourth-order valence-corrected chi connectivity index (χ4v) is 2.55. The molecule has 0 radical (unpaired) electrons. The smallest absolute Gasteiger partial charge is 0.242 e. The minimum Gasteiger partial charge on any atom is -0.497 e. The number of carbonyl (C=O) groups excluding carboxylic acids is 1. The van der Waals surface area contributed by atoms with Gasteiger partial charge in [-0.05, 0) is 43.7 Å². The van der Waals surface area contributed by atoms with Gasteiger partial charge in [0, 0.05) is 19.2 Å². The Bertz CT molecular complexity index is 834. The first-order valence-electron chi connectivity index (χ1n) is 9.84. The first-order chi connectivity index (χ1) is 14.5. The predicted octanol–water partition coefficient (Wildman–Crippen LogP) is 3.09. The molecule has 2 aromatic rings. The molecule has 170 valence electrons. The molecule has 1 amide bonds. The second kappa shape index (κ2) is 14.4. The Balaban J connectivity index is 0.00000480. The zero-order valence-electron chi connectivity index (χ0n) is 18.0. The van der Waals surface area contributed by atoms with Gasteiger partial charge in [-0.2, -0.15) is 0 Å². The molecule has 0 saturated carbocycles. The topological polar surface area (TPSA) is 84.0 Å². The lowest BCUT2D eigenvalue weighted by atomic mass is 10.2. The van der Waals surface area contributed by atoms with Crippen molar-refractivity contribution in [2.45, 2.75) is 26.5 Å². The van der Waals surface area contributed by atoms with Crippen LogP contribution in [0.2, 0.25) is 0 Å². The second-order valence-electron chi connectivity index (χ2n) is 6.59. The minimum absolute atomic E-state index is 0. The summed E-state index contributed by atoms with van der Waals surface area (Å²) in [6.45, 7) is 5.30. The Kier molecular flexibility index (Phi) is 12.3. The number of ether oxygens (including phenoxy) is 2. The molecule has 1 atom stereocenters. The van der Waals surface area contributed by atoms with E-state index in [-0.39, 0.29) is 48.3 Å². The molecular formula is C22H30FIN4O3. The molecule has 0 bridgehead atoms. The van der Waals surface area contributed by atoms with Crippen LogP contribution in [0.4, 0.5) is 4.39 Å². The van der Waals surface area contributed by atoms with E-state index < -0.39 is 0 Å². The van der Waals surface area contributed by atoms with Crippen LogP contribution in [0.1, 0.15) is 19.4 Å². The number of amides is 1. The van der Waals surface area contributed by atoms with Crippen LogP contribution in [0.5, 0.6) is 11.5 Å². The maximum atomic E-state index is 13.2. The van der Waals surface area contributed by atoms with Crippen LogP contribution >= 0.6 is 24.0 Å². The summed E-state index contributed by atoms with van der Waals surface area (Å²) in [5, 5.41) is 9.04. The number of benzene rings is 2. The maximum absolute atomic E-state index is 13.2. The highest BCUT2D eigenvalue weighted by atomic mass is 127. The summed E-state index contributed by atoms with van der Waals surface area (Å²) in [5.41, 5.74) is 0.974. The molecule has 7 nitrogen and oxygen atoms in total. The van der Waals surface area contributed by atoms with Crippen molar-refractivity contribution in [3.8, 4) is 11.5 Å². The summed E-state index contributed by atoms with van der Waals surface area (Å²) in [4.78, 5) is 16.4. The van der Waals surface area contributed by atoms with E-state index in [9.17, 15) is 9.18 Å². The van der Waals surface area contributed by atoms with Crippen molar-refractivity contribution in [3.05, 3.63) is 59.9 Å². The minimum atomic E-state index is -0.344. The second-order valence-corrected chi connectivity index (χ2v) is 6.59. The molecule has 0 aromatic heterocycles. The van der Waals surface area contributed by atoms with Crippen molar-refractivity contribution < 1.29 is 18.7 Å². The summed E-state index contributed by atoms with van der Waals surface area (Å²) in [7, 11) is 1.61. The number of methoxy groups -OCH3 is 1. The number of aliphatic imine (C=N–C) groups is 1. The van der Waals surface area contributed by atoms with Crippen molar-refractivity contribution in [1.82, 2.24) is 16.0 Å². The zero-order chi connectivity index (χ0) is 21.8. The summed E-state index contributed by atoms with van der Waals surface area (Å²) >= 11 is 0. The predicted molar refractivity (Wildman–Crippen MR) is 131 cm³/mol. The molecule has 31 heavy (non-hydrogen) atoms. The molecule has 3 N–H and O–H groups in total. The van der Waals surface area contributed by atoms with E-state index in [0.717, 1.165) is 11.3 Å². The van der Waals surface area contributed by atoms with Gasteiger partial charge in [0.05, 0.1) is 13.7 Å². The van der Waals surface area contributed by atoms with Crippen molar-refractivity contribution in [2.75, 3.05) is 26.7 Å². The van der Waals surface area contributed by atoms with Gasteiger partial charge in [-0.15, -0.1) is 24.0 Å². The first-order valence-corrected chi connectivity index (χ1v) is 9.84. The molecule has 0 fully saturated rings. The summed E-state index contributed by atoms with van der Waals surface area (Å²) < 4.78 is 24.0. The van der Waals surface area contributed by atoms with Crippen LogP contribution in [-0.4, -0.2) is 44.7 Å². The van der Waals surface area contributed by atoms with Gasteiger partial charge in [0.15, 0.2) is 5.96 Å². The molecule has 0 heterocycles. The quantitative estimate of drug-likeness (QED) is 0.243. The fourth-order valence-electron chi connectivity index (χ4n) is 2.55. The monoisotopic (exact) mass is 544 g/mol. The average molecular weight is 544 g/mol. The Morgan fingerprint density at radius 1 is 1.10 bits per heavy atom. The van der Waals surface area contributed by atoms with E-state index in [0.29, 0.717) is 31.3 Å². The van der Waals surface area contributed by atoms with Gasteiger partial charge in [-0.25, -0.2) is 9.38 Å². The molecule has 0 spiro atoms. The maximum Gasteiger partial charge on any atom is 0.242 e. The lowest BCUT2D eigenvalue weighted by molar-refractivity contribution is -0.119. The SMILES string of the molecule is CCNC(=NCC(=O)NCc1ccc(OC)cc1)NCC(C)Oc1cccc(F)c1.I. The van der Waals surface area contributed by atoms with E-state index in [4.69, 9.17) is 9.47 Å². The fraction of sp³-hybridized carbons (Fsp3) is 0.364. The van der Waals surface area contributed by atoms with Gasteiger partial charge >= 0.3 is 0 Å². The number of halogens is 2. The van der Waals surface area contributed by atoms with Crippen LogP contribution in [-0.2, 0) is 11.3 Å². The normalized spacial score (nSPS) is 11.7. The van der Waals surface area contributed by atoms with Crippen molar-refractivity contribution in [3.63, 3.8) is 0 Å². The Morgan fingerprint density at radius 3 is 2.48 bits per heavy atom.